The van der Waals surface area contributed by atoms with Crippen LogP contribution in [0.5, 0.6) is 0 Å². The summed E-state index contributed by atoms with van der Waals surface area (Å²) in [5.74, 6) is 0.930. The lowest BCUT2D eigenvalue weighted by Crippen LogP contribution is -2.32. The highest BCUT2D eigenvalue weighted by molar-refractivity contribution is 5.80. The highest BCUT2D eigenvalue weighted by atomic mass is 16.1. The first-order valence-corrected chi connectivity index (χ1v) is 5.97. The topological polar surface area (TPSA) is 29.1 Å². The number of rotatable bonds is 6. The molecule has 0 spiro atoms. The molecule has 2 nitrogen and oxygen atoms in total. The molecule has 1 fully saturated rings. The average Bonchev–Trinajstić information content (AvgIpc) is 2.67. The van der Waals surface area contributed by atoms with Gasteiger partial charge in [-0.15, -0.1) is 0 Å². The van der Waals surface area contributed by atoms with Crippen LogP contribution in [0.25, 0.3) is 0 Å². The van der Waals surface area contributed by atoms with Crippen LogP contribution in [0.1, 0.15) is 52.4 Å². The summed E-state index contributed by atoms with van der Waals surface area (Å²) >= 11 is 0. The van der Waals surface area contributed by atoms with Crippen molar-refractivity contribution in [1.29, 1.82) is 0 Å². The molecule has 0 amide bonds. The number of carbonyl (C=O) groups excluding carboxylic acids is 1. The molecular formula is C12H23NO. The third kappa shape index (κ3) is 4.23. The SMILES string of the molecule is CCC(C)CC(=O)CNC1CCCC1. The van der Waals surface area contributed by atoms with Gasteiger partial charge < -0.3 is 5.32 Å². The normalized spacial score (nSPS) is 19.9. The number of ketones is 1. The van der Waals surface area contributed by atoms with E-state index >= 15 is 0 Å². The molecule has 1 aliphatic rings. The second-order valence-corrected chi connectivity index (χ2v) is 4.62. The predicted octanol–water partition coefficient (Wildman–Crippen LogP) is 2.52. The summed E-state index contributed by atoms with van der Waals surface area (Å²) in [4.78, 5) is 11.5. The molecule has 1 N–H and O–H groups in total. The Labute approximate surface area is 87.5 Å². The maximum Gasteiger partial charge on any atom is 0.146 e. The minimum absolute atomic E-state index is 0.381. The first-order valence-electron chi connectivity index (χ1n) is 5.97. The lowest BCUT2D eigenvalue weighted by molar-refractivity contribution is -0.119. The number of nitrogens with one attached hydrogen (secondary N) is 1. The second kappa shape index (κ2) is 6.18. The molecule has 14 heavy (non-hydrogen) atoms. The van der Waals surface area contributed by atoms with Crippen molar-refractivity contribution in [2.45, 2.75) is 58.4 Å². The fourth-order valence-corrected chi connectivity index (χ4v) is 1.99. The van der Waals surface area contributed by atoms with Gasteiger partial charge in [-0.3, -0.25) is 4.79 Å². The van der Waals surface area contributed by atoms with E-state index in [0.29, 0.717) is 24.3 Å². The highest BCUT2D eigenvalue weighted by Gasteiger charge is 2.15. The quantitative estimate of drug-likeness (QED) is 0.709. The molecule has 1 unspecified atom stereocenters. The zero-order valence-corrected chi connectivity index (χ0v) is 9.51. The van der Waals surface area contributed by atoms with E-state index in [9.17, 15) is 4.79 Å². The number of hydrogen-bond donors (Lipinski definition) is 1. The highest BCUT2D eigenvalue weighted by Crippen LogP contribution is 2.17. The third-order valence-corrected chi connectivity index (χ3v) is 3.22. The van der Waals surface area contributed by atoms with E-state index in [1.54, 1.807) is 0 Å². The van der Waals surface area contributed by atoms with E-state index in [-0.39, 0.29) is 0 Å². The van der Waals surface area contributed by atoms with Crippen molar-refractivity contribution in [1.82, 2.24) is 5.32 Å². The first kappa shape index (κ1) is 11.7. The monoisotopic (exact) mass is 197 g/mol. The van der Waals surface area contributed by atoms with Gasteiger partial charge in [0, 0.05) is 12.5 Å². The Kier molecular flexibility index (Phi) is 5.16. The molecule has 2 heteroatoms. The summed E-state index contributed by atoms with van der Waals surface area (Å²) in [5.41, 5.74) is 0. The van der Waals surface area contributed by atoms with Crippen molar-refractivity contribution in [3.8, 4) is 0 Å². The molecule has 0 heterocycles. The van der Waals surface area contributed by atoms with Crippen LogP contribution in [-0.2, 0) is 4.79 Å². The maximum absolute atomic E-state index is 11.5. The molecule has 0 aromatic rings. The van der Waals surface area contributed by atoms with Gasteiger partial charge in [0.1, 0.15) is 5.78 Å². The number of Topliss-reactive ketones (excluding diaryl/α,β-unsaturated/α-hetero) is 1. The van der Waals surface area contributed by atoms with E-state index in [4.69, 9.17) is 0 Å². The van der Waals surface area contributed by atoms with E-state index < -0.39 is 0 Å². The van der Waals surface area contributed by atoms with Crippen molar-refractivity contribution < 1.29 is 4.79 Å². The van der Waals surface area contributed by atoms with Gasteiger partial charge in [-0.2, -0.15) is 0 Å². The van der Waals surface area contributed by atoms with Crippen molar-refractivity contribution in [3.05, 3.63) is 0 Å². The predicted molar refractivity (Wildman–Crippen MR) is 59.3 cm³/mol. The van der Waals surface area contributed by atoms with Gasteiger partial charge in [0.05, 0.1) is 6.54 Å². The van der Waals surface area contributed by atoms with Gasteiger partial charge in [-0.1, -0.05) is 33.1 Å². The zero-order valence-electron chi connectivity index (χ0n) is 9.51. The van der Waals surface area contributed by atoms with Crippen LogP contribution < -0.4 is 5.32 Å². The van der Waals surface area contributed by atoms with Crippen LogP contribution >= 0.6 is 0 Å². The Hall–Kier alpha value is -0.370. The van der Waals surface area contributed by atoms with Gasteiger partial charge in [-0.25, -0.2) is 0 Å². The van der Waals surface area contributed by atoms with Gasteiger partial charge in [-0.05, 0) is 18.8 Å². The number of hydrogen-bond acceptors (Lipinski definition) is 2. The molecule has 0 saturated heterocycles. The molecule has 1 atom stereocenters. The fraction of sp³-hybridized carbons (Fsp3) is 0.917. The Morgan fingerprint density at radius 3 is 2.64 bits per heavy atom. The average molecular weight is 197 g/mol. The summed E-state index contributed by atoms with van der Waals surface area (Å²) in [6.07, 6.45) is 7.03. The van der Waals surface area contributed by atoms with Crippen molar-refractivity contribution in [2.75, 3.05) is 6.54 Å². The summed E-state index contributed by atoms with van der Waals surface area (Å²) in [6, 6.07) is 0.621. The minimum Gasteiger partial charge on any atom is -0.307 e. The molecule has 0 bridgehead atoms. The van der Waals surface area contributed by atoms with Gasteiger partial charge in [0.15, 0.2) is 0 Å². The number of carbonyl (C=O) groups is 1. The van der Waals surface area contributed by atoms with Crippen molar-refractivity contribution in [2.24, 2.45) is 5.92 Å². The van der Waals surface area contributed by atoms with Crippen molar-refractivity contribution in [3.63, 3.8) is 0 Å². The minimum atomic E-state index is 0.381. The molecule has 1 saturated carbocycles. The summed E-state index contributed by atoms with van der Waals surface area (Å²) in [6.45, 7) is 4.88. The van der Waals surface area contributed by atoms with Crippen molar-refractivity contribution >= 4 is 5.78 Å². The summed E-state index contributed by atoms with van der Waals surface area (Å²) in [5, 5.41) is 3.36. The van der Waals surface area contributed by atoms with Crippen LogP contribution in [-0.4, -0.2) is 18.4 Å². The molecule has 0 aliphatic heterocycles. The maximum atomic E-state index is 11.5. The fourth-order valence-electron chi connectivity index (χ4n) is 1.99. The molecule has 1 aliphatic carbocycles. The molecule has 0 radical (unpaired) electrons. The molecule has 0 aromatic heterocycles. The summed E-state index contributed by atoms with van der Waals surface area (Å²) < 4.78 is 0. The molecule has 0 aromatic carbocycles. The smallest absolute Gasteiger partial charge is 0.146 e. The van der Waals surface area contributed by atoms with Gasteiger partial charge in [0.25, 0.3) is 0 Å². The first-order chi connectivity index (χ1) is 6.72. The van der Waals surface area contributed by atoms with Crippen LogP contribution in [0.3, 0.4) is 0 Å². The van der Waals surface area contributed by atoms with Crippen LogP contribution in [0, 0.1) is 5.92 Å². The van der Waals surface area contributed by atoms with E-state index in [1.165, 1.54) is 25.7 Å². The molecule has 82 valence electrons. The van der Waals surface area contributed by atoms with Crippen LogP contribution in [0.4, 0.5) is 0 Å². The van der Waals surface area contributed by atoms with Gasteiger partial charge in [0.2, 0.25) is 0 Å². The van der Waals surface area contributed by atoms with Crippen LogP contribution in [0.2, 0.25) is 0 Å². The Bertz CT molecular complexity index is 173. The van der Waals surface area contributed by atoms with E-state index in [2.05, 4.69) is 19.2 Å². The van der Waals surface area contributed by atoms with E-state index in [0.717, 1.165) is 12.8 Å². The Morgan fingerprint density at radius 1 is 1.43 bits per heavy atom. The largest absolute Gasteiger partial charge is 0.307 e. The standard InChI is InChI=1S/C12H23NO/c1-3-10(2)8-12(14)9-13-11-6-4-5-7-11/h10-11,13H,3-9H2,1-2H3. The Morgan fingerprint density at radius 2 is 2.07 bits per heavy atom. The lowest BCUT2D eigenvalue weighted by Gasteiger charge is -2.12. The van der Waals surface area contributed by atoms with E-state index in [1.807, 2.05) is 0 Å². The van der Waals surface area contributed by atoms with Gasteiger partial charge >= 0.3 is 0 Å². The summed E-state index contributed by atoms with van der Waals surface area (Å²) in [7, 11) is 0. The van der Waals surface area contributed by atoms with Crippen LogP contribution in [0.15, 0.2) is 0 Å². The second-order valence-electron chi connectivity index (χ2n) is 4.62. The molecular weight excluding hydrogens is 174 g/mol. The zero-order chi connectivity index (χ0) is 10.4. The Balaban J connectivity index is 2.08. The third-order valence-electron chi connectivity index (χ3n) is 3.22. The molecule has 1 rings (SSSR count). The lowest BCUT2D eigenvalue weighted by atomic mass is 10.0.